The molecule has 19 heavy (non-hydrogen) atoms. The van der Waals surface area contributed by atoms with Crippen molar-refractivity contribution in [2.24, 2.45) is 5.92 Å². The van der Waals surface area contributed by atoms with Gasteiger partial charge in [0, 0.05) is 9.35 Å². The molecule has 0 saturated heterocycles. The summed E-state index contributed by atoms with van der Waals surface area (Å²) in [5.74, 6) is 0.689. The fourth-order valence-corrected chi connectivity index (χ4v) is 4.34. The van der Waals surface area contributed by atoms with E-state index in [1.165, 1.54) is 17.7 Å². The molecule has 1 aliphatic rings. The molecule has 1 N–H and O–H groups in total. The Morgan fingerprint density at radius 1 is 1.26 bits per heavy atom. The maximum Gasteiger partial charge on any atom is 0.0724 e. The van der Waals surface area contributed by atoms with Crippen molar-refractivity contribution >= 4 is 56.2 Å². The van der Waals surface area contributed by atoms with E-state index in [1.807, 2.05) is 12.1 Å². The van der Waals surface area contributed by atoms with Crippen molar-refractivity contribution in [2.45, 2.75) is 18.9 Å². The molecule has 3 rings (SSSR count). The third-order valence-electron chi connectivity index (χ3n) is 3.25. The quantitative estimate of drug-likeness (QED) is 0.652. The smallest absolute Gasteiger partial charge is 0.0724 e. The van der Waals surface area contributed by atoms with E-state index in [-0.39, 0.29) is 0 Å². The van der Waals surface area contributed by atoms with Gasteiger partial charge in [-0.3, -0.25) is 0 Å². The van der Waals surface area contributed by atoms with E-state index < -0.39 is 0 Å². The van der Waals surface area contributed by atoms with Crippen molar-refractivity contribution in [1.82, 2.24) is 0 Å². The first-order chi connectivity index (χ1) is 9.15. The van der Waals surface area contributed by atoms with Gasteiger partial charge in [0.2, 0.25) is 0 Å². The highest BCUT2D eigenvalue weighted by molar-refractivity contribution is 9.10. The Morgan fingerprint density at radius 2 is 1.95 bits per heavy atom. The van der Waals surface area contributed by atoms with E-state index in [1.54, 1.807) is 11.3 Å². The molecule has 1 aliphatic carbocycles. The first-order valence-electron chi connectivity index (χ1n) is 6.09. The van der Waals surface area contributed by atoms with Crippen molar-refractivity contribution < 1.29 is 0 Å². The maximum absolute atomic E-state index is 6.29. The molecule has 0 spiro atoms. The van der Waals surface area contributed by atoms with Crippen LogP contribution in [0.5, 0.6) is 0 Å². The average Bonchev–Trinajstić information content (AvgIpc) is 3.03. The van der Waals surface area contributed by atoms with Gasteiger partial charge in [-0.1, -0.05) is 45.2 Å². The summed E-state index contributed by atoms with van der Waals surface area (Å²) in [4.78, 5) is 1.34. The van der Waals surface area contributed by atoms with Gasteiger partial charge in [-0.2, -0.15) is 0 Å². The average molecular weight is 377 g/mol. The van der Waals surface area contributed by atoms with Gasteiger partial charge >= 0.3 is 0 Å². The molecule has 1 atom stereocenters. The molecule has 1 nitrogen and oxygen atoms in total. The lowest BCUT2D eigenvalue weighted by molar-refractivity contribution is 0.691. The Labute approximate surface area is 135 Å². The number of hydrogen-bond donors (Lipinski definition) is 1. The lowest BCUT2D eigenvalue weighted by Gasteiger charge is -2.20. The highest BCUT2D eigenvalue weighted by atomic mass is 79.9. The van der Waals surface area contributed by atoms with Crippen LogP contribution in [0.2, 0.25) is 10.0 Å². The fraction of sp³-hybridized carbons (Fsp3) is 0.286. The molecule has 0 radical (unpaired) electrons. The van der Waals surface area contributed by atoms with E-state index >= 15 is 0 Å². The summed E-state index contributed by atoms with van der Waals surface area (Å²) in [6.07, 6.45) is 2.53. The Hall–Kier alpha value is -0.220. The van der Waals surface area contributed by atoms with Crippen molar-refractivity contribution in [3.8, 4) is 0 Å². The zero-order chi connectivity index (χ0) is 13.4. The standard InChI is InChI=1S/C14H12BrCl2NS/c15-9-6-10(16)14(11(17)7-9)18-13(8-3-4-8)12-2-1-5-19-12/h1-2,5-8,13,18H,3-4H2. The number of thiophene rings is 1. The second-order valence-electron chi connectivity index (χ2n) is 4.72. The second kappa shape index (κ2) is 5.65. The van der Waals surface area contributed by atoms with Crippen LogP contribution < -0.4 is 5.32 Å². The first kappa shape index (κ1) is 13.7. The van der Waals surface area contributed by atoms with E-state index in [0.717, 1.165) is 10.2 Å². The predicted molar refractivity (Wildman–Crippen MR) is 87.6 cm³/mol. The first-order valence-corrected chi connectivity index (χ1v) is 8.52. The number of halogens is 3. The maximum atomic E-state index is 6.29. The number of nitrogens with one attached hydrogen (secondary N) is 1. The van der Waals surface area contributed by atoms with E-state index in [4.69, 9.17) is 23.2 Å². The fourth-order valence-electron chi connectivity index (χ4n) is 2.15. The minimum atomic E-state index is 0.316. The van der Waals surface area contributed by atoms with E-state index in [0.29, 0.717) is 22.0 Å². The zero-order valence-electron chi connectivity index (χ0n) is 10.00. The van der Waals surface area contributed by atoms with Gasteiger partial charge in [-0.25, -0.2) is 0 Å². The second-order valence-corrected chi connectivity index (χ2v) is 7.43. The summed E-state index contributed by atoms with van der Waals surface area (Å²) in [5.41, 5.74) is 0.830. The molecular weight excluding hydrogens is 365 g/mol. The van der Waals surface area contributed by atoms with Crippen LogP contribution in [0.4, 0.5) is 5.69 Å². The van der Waals surface area contributed by atoms with Crippen LogP contribution >= 0.6 is 50.5 Å². The Kier molecular flexibility index (Phi) is 4.08. The third kappa shape index (κ3) is 3.10. The van der Waals surface area contributed by atoms with Crippen LogP contribution in [0.25, 0.3) is 0 Å². The Morgan fingerprint density at radius 3 is 2.47 bits per heavy atom. The third-order valence-corrected chi connectivity index (χ3v) is 5.26. The Bertz CT molecular complexity index is 558. The molecule has 1 aromatic carbocycles. The summed E-state index contributed by atoms with van der Waals surface area (Å²) in [6.45, 7) is 0. The van der Waals surface area contributed by atoms with Crippen LogP contribution in [0.3, 0.4) is 0 Å². The molecule has 0 amide bonds. The minimum absolute atomic E-state index is 0.316. The molecule has 5 heteroatoms. The molecule has 1 saturated carbocycles. The van der Waals surface area contributed by atoms with Crippen molar-refractivity contribution in [3.05, 3.63) is 49.0 Å². The number of hydrogen-bond acceptors (Lipinski definition) is 2. The lowest BCUT2D eigenvalue weighted by atomic mass is 10.1. The highest BCUT2D eigenvalue weighted by Crippen LogP contribution is 2.46. The molecule has 0 aliphatic heterocycles. The van der Waals surface area contributed by atoms with Crippen LogP contribution in [-0.4, -0.2) is 0 Å². The summed E-state index contributed by atoms with van der Waals surface area (Å²) < 4.78 is 0.896. The number of benzene rings is 1. The van der Waals surface area contributed by atoms with Crippen LogP contribution in [0.15, 0.2) is 34.1 Å². The van der Waals surface area contributed by atoms with Gasteiger partial charge in [0.05, 0.1) is 21.8 Å². The molecule has 1 fully saturated rings. The molecule has 2 aromatic rings. The van der Waals surface area contributed by atoms with Gasteiger partial charge in [-0.05, 0) is 42.3 Å². The van der Waals surface area contributed by atoms with Crippen LogP contribution in [-0.2, 0) is 0 Å². The summed E-state index contributed by atoms with van der Waals surface area (Å²) in [5, 5.41) is 6.95. The monoisotopic (exact) mass is 375 g/mol. The number of rotatable bonds is 4. The van der Waals surface area contributed by atoms with Gasteiger partial charge < -0.3 is 5.32 Å². The van der Waals surface area contributed by atoms with E-state index in [9.17, 15) is 0 Å². The van der Waals surface area contributed by atoms with Gasteiger partial charge in [-0.15, -0.1) is 11.3 Å². The minimum Gasteiger partial charge on any atom is -0.375 e. The van der Waals surface area contributed by atoms with Crippen LogP contribution in [0.1, 0.15) is 23.8 Å². The van der Waals surface area contributed by atoms with Gasteiger partial charge in [0.15, 0.2) is 0 Å². The molecule has 1 heterocycles. The molecule has 1 aromatic heterocycles. The highest BCUT2D eigenvalue weighted by Gasteiger charge is 2.33. The lowest BCUT2D eigenvalue weighted by Crippen LogP contribution is -2.12. The molecule has 0 bridgehead atoms. The zero-order valence-corrected chi connectivity index (χ0v) is 13.9. The Balaban J connectivity index is 1.91. The normalized spacial score (nSPS) is 16.4. The SMILES string of the molecule is Clc1cc(Br)cc(Cl)c1NC(c1cccs1)C1CC1. The topological polar surface area (TPSA) is 12.0 Å². The van der Waals surface area contributed by atoms with Crippen molar-refractivity contribution in [1.29, 1.82) is 0 Å². The van der Waals surface area contributed by atoms with Gasteiger partial charge in [0.25, 0.3) is 0 Å². The summed E-state index contributed by atoms with van der Waals surface area (Å²) in [7, 11) is 0. The largest absolute Gasteiger partial charge is 0.375 e. The number of anilines is 1. The van der Waals surface area contributed by atoms with Crippen molar-refractivity contribution in [2.75, 3.05) is 5.32 Å². The van der Waals surface area contributed by atoms with Gasteiger partial charge in [0.1, 0.15) is 0 Å². The van der Waals surface area contributed by atoms with Crippen molar-refractivity contribution in [3.63, 3.8) is 0 Å². The molecule has 100 valence electrons. The summed E-state index contributed by atoms with van der Waals surface area (Å²) in [6, 6.07) is 8.31. The molecular formula is C14H12BrCl2NS. The van der Waals surface area contributed by atoms with E-state index in [2.05, 4.69) is 38.8 Å². The summed E-state index contributed by atoms with van der Waals surface area (Å²) >= 11 is 17.8. The molecule has 1 unspecified atom stereocenters. The predicted octanol–water partition coefficient (Wildman–Crippen LogP) is 6.38. The van der Waals surface area contributed by atoms with Crippen LogP contribution in [0, 0.1) is 5.92 Å².